The summed E-state index contributed by atoms with van der Waals surface area (Å²) in [5, 5.41) is 0. The lowest BCUT2D eigenvalue weighted by atomic mass is 10.0. The molecule has 0 radical (unpaired) electrons. The van der Waals surface area contributed by atoms with E-state index in [9.17, 15) is 0 Å². The first-order chi connectivity index (χ1) is 3.93. The topological polar surface area (TPSA) is 26.0 Å². The molecule has 0 aromatic heterocycles. The van der Waals surface area contributed by atoms with E-state index < -0.39 is 0 Å². The summed E-state index contributed by atoms with van der Waals surface area (Å²) in [6, 6.07) is 0. The molecule has 0 aromatic rings. The van der Waals surface area contributed by atoms with Crippen LogP contribution >= 0.6 is 0 Å². The van der Waals surface area contributed by atoms with Crippen LogP contribution in [0.4, 0.5) is 0 Å². The van der Waals surface area contributed by atoms with Crippen LogP contribution in [0.3, 0.4) is 0 Å². The number of rotatable bonds is 1. The fourth-order valence-corrected chi connectivity index (χ4v) is 0.807. The summed E-state index contributed by atoms with van der Waals surface area (Å²) in [4.78, 5) is 0. The quantitative estimate of drug-likeness (QED) is 0.501. The maximum Gasteiger partial charge on any atom is 0.00696 e. The van der Waals surface area contributed by atoms with E-state index in [-0.39, 0.29) is 0 Å². The van der Waals surface area contributed by atoms with Gasteiger partial charge in [0, 0.05) is 12.5 Å². The SMILES string of the molecule is NCC1C=CCC=C1. The summed E-state index contributed by atoms with van der Waals surface area (Å²) in [6.07, 6.45) is 9.69. The third-order valence-electron chi connectivity index (χ3n) is 1.31. The number of allylic oxidation sites excluding steroid dienone is 2. The van der Waals surface area contributed by atoms with Crippen molar-refractivity contribution < 1.29 is 0 Å². The molecular weight excluding hydrogens is 98.1 g/mol. The van der Waals surface area contributed by atoms with Gasteiger partial charge in [0.25, 0.3) is 0 Å². The molecule has 0 amide bonds. The minimum atomic E-state index is 0.503. The predicted molar refractivity (Wildman–Crippen MR) is 35.4 cm³/mol. The van der Waals surface area contributed by atoms with Crippen molar-refractivity contribution in [1.82, 2.24) is 0 Å². The molecule has 44 valence electrons. The Morgan fingerprint density at radius 2 is 2.00 bits per heavy atom. The number of hydrogen-bond donors (Lipinski definition) is 1. The Balaban J connectivity index is 2.42. The standard InChI is InChI=1S/C7H11N/c8-6-7-4-2-1-3-5-7/h2-5,7H,1,6,8H2. The smallest absolute Gasteiger partial charge is 0.00696 e. The molecule has 0 aromatic carbocycles. The number of hydrogen-bond acceptors (Lipinski definition) is 1. The third-order valence-corrected chi connectivity index (χ3v) is 1.31. The molecule has 0 bridgehead atoms. The molecule has 1 rings (SSSR count). The van der Waals surface area contributed by atoms with Gasteiger partial charge in [0.05, 0.1) is 0 Å². The molecule has 2 N–H and O–H groups in total. The summed E-state index contributed by atoms with van der Waals surface area (Å²) >= 11 is 0. The Hall–Kier alpha value is -0.560. The zero-order valence-electron chi connectivity index (χ0n) is 4.88. The van der Waals surface area contributed by atoms with Crippen LogP contribution in [0.1, 0.15) is 6.42 Å². The highest BCUT2D eigenvalue weighted by atomic mass is 14.5. The van der Waals surface area contributed by atoms with Crippen LogP contribution < -0.4 is 5.73 Å². The first kappa shape index (κ1) is 5.57. The van der Waals surface area contributed by atoms with Gasteiger partial charge in [-0.25, -0.2) is 0 Å². The van der Waals surface area contributed by atoms with E-state index in [4.69, 9.17) is 5.73 Å². The molecule has 0 fully saturated rings. The van der Waals surface area contributed by atoms with Crippen LogP contribution in [0, 0.1) is 5.92 Å². The van der Waals surface area contributed by atoms with Gasteiger partial charge in [-0.2, -0.15) is 0 Å². The second-order valence-corrected chi connectivity index (χ2v) is 1.99. The first-order valence-corrected chi connectivity index (χ1v) is 2.97. The van der Waals surface area contributed by atoms with E-state index in [0.29, 0.717) is 5.92 Å². The van der Waals surface area contributed by atoms with E-state index in [2.05, 4.69) is 24.3 Å². The molecule has 1 aliphatic rings. The lowest BCUT2D eigenvalue weighted by molar-refractivity contribution is 0.804. The van der Waals surface area contributed by atoms with Gasteiger partial charge >= 0.3 is 0 Å². The summed E-state index contributed by atoms with van der Waals surface area (Å²) in [5.41, 5.74) is 5.40. The Bertz CT molecular complexity index is 102. The zero-order chi connectivity index (χ0) is 5.82. The van der Waals surface area contributed by atoms with Crippen molar-refractivity contribution in [3.63, 3.8) is 0 Å². The van der Waals surface area contributed by atoms with Gasteiger partial charge in [0.2, 0.25) is 0 Å². The van der Waals surface area contributed by atoms with Crippen LogP contribution in [0.25, 0.3) is 0 Å². The molecule has 0 spiro atoms. The van der Waals surface area contributed by atoms with Crippen LogP contribution in [-0.4, -0.2) is 6.54 Å². The molecule has 1 nitrogen and oxygen atoms in total. The molecule has 8 heavy (non-hydrogen) atoms. The van der Waals surface area contributed by atoms with Crippen molar-refractivity contribution in [3.05, 3.63) is 24.3 Å². The van der Waals surface area contributed by atoms with Gasteiger partial charge in [0.15, 0.2) is 0 Å². The Morgan fingerprint density at radius 3 is 2.38 bits per heavy atom. The van der Waals surface area contributed by atoms with E-state index in [1.807, 2.05) is 0 Å². The van der Waals surface area contributed by atoms with E-state index in [0.717, 1.165) is 13.0 Å². The molecule has 0 saturated heterocycles. The van der Waals surface area contributed by atoms with Gasteiger partial charge in [-0.3, -0.25) is 0 Å². The minimum absolute atomic E-state index is 0.503. The van der Waals surface area contributed by atoms with Gasteiger partial charge in [0.1, 0.15) is 0 Å². The summed E-state index contributed by atoms with van der Waals surface area (Å²) in [5.74, 6) is 0.503. The lowest BCUT2D eigenvalue weighted by Crippen LogP contribution is -2.10. The predicted octanol–water partition coefficient (Wildman–Crippen LogP) is 1.08. The second-order valence-electron chi connectivity index (χ2n) is 1.99. The van der Waals surface area contributed by atoms with Crippen molar-refractivity contribution in [1.29, 1.82) is 0 Å². The summed E-state index contributed by atoms with van der Waals surface area (Å²) in [7, 11) is 0. The maximum absolute atomic E-state index is 5.40. The molecule has 0 unspecified atom stereocenters. The van der Waals surface area contributed by atoms with Crippen LogP contribution in [0.5, 0.6) is 0 Å². The average molecular weight is 109 g/mol. The maximum atomic E-state index is 5.40. The Morgan fingerprint density at radius 1 is 1.38 bits per heavy atom. The Labute approximate surface area is 49.9 Å². The van der Waals surface area contributed by atoms with Crippen molar-refractivity contribution in [3.8, 4) is 0 Å². The summed E-state index contributed by atoms with van der Waals surface area (Å²) < 4.78 is 0. The van der Waals surface area contributed by atoms with Crippen molar-refractivity contribution in [2.45, 2.75) is 6.42 Å². The highest BCUT2D eigenvalue weighted by Gasteiger charge is 1.96. The third kappa shape index (κ3) is 1.20. The monoisotopic (exact) mass is 109 g/mol. The Kier molecular flexibility index (Phi) is 1.86. The molecule has 0 aliphatic heterocycles. The van der Waals surface area contributed by atoms with E-state index >= 15 is 0 Å². The minimum Gasteiger partial charge on any atom is -0.330 e. The molecule has 0 heterocycles. The van der Waals surface area contributed by atoms with E-state index in [1.54, 1.807) is 0 Å². The highest BCUT2D eigenvalue weighted by molar-refractivity contribution is 5.08. The van der Waals surface area contributed by atoms with Crippen molar-refractivity contribution in [2.24, 2.45) is 11.7 Å². The molecule has 1 heteroatoms. The second kappa shape index (κ2) is 2.68. The van der Waals surface area contributed by atoms with Crippen molar-refractivity contribution >= 4 is 0 Å². The fraction of sp³-hybridized carbons (Fsp3) is 0.429. The van der Waals surface area contributed by atoms with Gasteiger partial charge in [-0.05, 0) is 6.42 Å². The van der Waals surface area contributed by atoms with Crippen molar-refractivity contribution in [2.75, 3.05) is 6.54 Å². The van der Waals surface area contributed by atoms with Crippen LogP contribution in [-0.2, 0) is 0 Å². The van der Waals surface area contributed by atoms with Crippen LogP contribution in [0.15, 0.2) is 24.3 Å². The highest BCUT2D eigenvalue weighted by Crippen LogP contribution is 2.05. The molecular formula is C7H11N. The van der Waals surface area contributed by atoms with Crippen LogP contribution in [0.2, 0.25) is 0 Å². The first-order valence-electron chi connectivity index (χ1n) is 2.97. The normalized spacial score (nSPS) is 19.6. The molecule has 1 aliphatic carbocycles. The summed E-state index contributed by atoms with van der Waals surface area (Å²) in [6.45, 7) is 0.743. The van der Waals surface area contributed by atoms with E-state index in [1.165, 1.54) is 0 Å². The average Bonchev–Trinajstić information content (AvgIpc) is 1.90. The van der Waals surface area contributed by atoms with Gasteiger partial charge in [-0.1, -0.05) is 24.3 Å². The molecule has 0 saturated carbocycles. The van der Waals surface area contributed by atoms with Gasteiger partial charge < -0.3 is 5.73 Å². The zero-order valence-corrected chi connectivity index (χ0v) is 4.88. The van der Waals surface area contributed by atoms with Gasteiger partial charge in [-0.15, -0.1) is 0 Å². The fourth-order valence-electron chi connectivity index (χ4n) is 0.807. The number of nitrogens with two attached hydrogens (primary N) is 1. The largest absolute Gasteiger partial charge is 0.330 e. The lowest BCUT2D eigenvalue weighted by Gasteiger charge is -2.05. The molecule has 0 atom stereocenters.